The standard InChI is InChI=1S/C29H21F5N2O3/c30-22-6-3-17(11-23(22)31)19-9-18-7-8-36(12-16-1-4-20(5-2-16)29(32,33)34)24(18)21(10-19)25(37)35-28-13-27(14-28,15-28)26(38)39/h1-11H,12-15H2,(H,35,37)(H,38,39). The number of carboxylic acids is 1. The summed E-state index contributed by atoms with van der Waals surface area (Å²) in [6.07, 6.45) is -1.76. The van der Waals surface area contributed by atoms with E-state index in [1.54, 1.807) is 29.0 Å². The van der Waals surface area contributed by atoms with Gasteiger partial charge in [-0.3, -0.25) is 9.59 Å². The van der Waals surface area contributed by atoms with Crippen LogP contribution in [0.5, 0.6) is 0 Å². The van der Waals surface area contributed by atoms with Gasteiger partial charge in [-0.25, -0.2) is 8.78 Å². The molecule has 3 aliphatic carbocycles. The summed E-state index contributed by atoms with van der Waals surface area (Å²) >= 11 is 0. The number of carboxylic acid groups (broad SMARTS) is 1. The number of fused-ring (bicyclic) bond motifs is 1. The molecule has 3 fully saturated rings. The van der Waals surface area contributed by atoms with Crippen molar-refractivity contribution in [3.05, 3.63) is 95.2 Å². The molecule has 4 aromatic rings. The number of amides is 1. The van der Waals surface area contributed by atoms with E-state index in [1.165, 1.54) is 18.2 Å². The molecule has 0 spiro atoms. The molecule has 1 heterocycles. The van der Waals surface area contributed by atoms with Gasteiger partial charge in [0.25, 0.3) is 5.91 Å². The zero-order valence-corrected chi connectivity index (χ0v) is 20.3. The normalized spacial score (nSPS) is 21.8. The molecule has 7 rings (SSSR count). The Morgan fingerprint density at radius 1 is 0.897 bits per heavy atom. The van der Waals surface area contributed by atoms with Crippen molar-refractivity contribution < 1.29 is 36.6 Å². The predicted molar refractivity (Wildman–Crippen MR) is 132 cm³/mol. The van der Waals surface area contributed by atoms with Gasteiger partial charge >= 0.3 is 12.1 Å². The molecule has 3 saturated carbocycles. The van der Waals surface area contributed by atoms with E-state index in [2.05, 4.69) is 5.32 Å². The summed E-state index contributed by atoms with van der Waals surface area (Å²) < 4.78 is 68.2. The van der Waals surface area contributed by atoms with Crippen LogP contribution in [0.4, 0.5) is 22.0 Å². The van der Waals surface area contributed by atoms with Gasteiger partial charge in [-0.2, -0.15) is 13.2 Å². The van der Waals surface area contributed by atoms with Crippen LogP contribution in [0, 0.1) is 17.0 Å². The van der Waals surface area contributed by atoms with Gasteiger partial charge < -0.3 is 15.0 Å². The number of aromatic nitrogens is 1. The maximum Gasteiger partial charge on any atom is 0.416 e. The van der Waals surface area contributed by atoms with Crippen molar-refractivity contribution in [1.29, 1.82) is 0 Å². The molecule has 200 valence electrons. The molecular formula is C29H21F5N2O3. The summed E-state index contributed by atoms with van der Waals surface area (Å²) in [5.41, 5.74) is -0.00805. The molecule has 1 aromatic heterocycles. The molecule has 2 bridgehead atoms. The summed E-state index contributed by atoms with van der Waals surface area (Å²) in [4.78, 5) is 25.1. The molecule has 2 N–H and O–H groups in total. The fraction of sp³-hybridized carbons (Fsp3) is 0.241. The van der Waals surface area contributed by atoms with E-state index < -0.39 is 46.2 Å². The maximum atomic E-state index is 14.0. The van der Waals surface area contributed by atoms with Crippen LogP contribution in [0.1, 0.15) is 40.7 Å². The average molecular weight is 540 g/mol. The summed E-state index contributed by atoms with van der Waals surface area (Å²) in [6, 6.07) is 13.2. The van der Waals surface area contributed by atoms with Crippen LogP contribution in [0.2, 0.25) is 0 Å². The van der Waals surface area contributed by atoms with Crippen molar-refractivity contribution in [2.24, 2.45) is 5.41 Å². The zero-order chi connectivity index (χ0) is 27.7. The van der Waals surface area contributed by atoms with Crippen molar-refractivity contribution in [3.8, 4) is 11.1 Å². The number of rotatable bonds is 6. The molecule has 0 aliphatic heterocycles. The number of nitrogens with zero attached hydrogens (tertiary/aromatic N) is 1. The number of alkyl halides is 3. The third-order valence-electron chi connectivity index (χ3n) is 7.86. The molecule has 0 radical (unpaired) electrons. The van der Waals surface area contributed by atoms with Crippen molar-refractivity contribution in [1.82, 2.24) is 9.88 Å². The van der Waals surface area contributed by atoms with Gasteiger partial charge in [-0.05, 0) is 78.4 Å². The lowest BCUT2D eigenvalue weighted by Crippen LogP contribution is -2.77. The molecule has 3 aliphatic rings. The van der Waals surface area contributed by atoms with Crippen LogP contribution in [0.25, 0.3) is 22.0 Å². The van der Waals surface area contributed by atoms with E-state index in [1.807, 2.05) is 0 Å². The molecule has 3 aromatic carbocycles. The van der Waals surface area contributed by atoms with Crippen LogP contribution in [0.3, 0.4) is 0 Å². The van der Waals surface area contributed by atoms with E-state index in [0.29, 0.717) is 46.9 Å². The smallest absolute Gasteiger partial charge is 0.416 e. The number of benzene rings is 3. The summed E-state index contributed by atoms with van der Waals surface area (Å²) in [5, 5.41) is 13.0. The minimum atomic E-state index is -4.46. The summed E-state index contributed by atoms with van der Waals surface area (Å²) in [7, 11) is 0. The Hall–Kier alpha value is -4.21. The Morgan fingerprint density at radius 3 is 2.21 bits per heavy atom. The topological polar surface area (TPSA) is 71.3 Å². The molecule has 0 unspecified atom stereocenters. The third-order valence-corrected chi connectivity index (χ3v) is 7.86. The van der Waals surface area contributed by atoms with E-state index >= 15 is 0 Å². The SMILES string of the molecule is O=C(NC12CC(C(=O)O)(C1)C2)c1cc(-c2ccc(F)c(F)c2)cc2ccn(Cc3ccc(C(F)(F)F)cc3)c12. The van der Waals surface area contributed by atoms with Crippen molar-refractivity contribution in [2.75, 3.05) is 0 Å². The molecule has 1 amide bonds. The minimum Gasteiger partial charge on any atom is -0.481 e. The number of halogens is 5. The molecule has 0 atom stereocenters. The molecule has 0 saturated heterocycles. The van der Waals surface area contributed by atoms with Crippen molar-refractivity contribution >= 4 is 22.8 Å². The fourth-order valence-electron chi connectivity index (χ4n) is 5.95. The van der Waals surface area contributed by atoms with Gasteiger partial charge in [0.2, 0.25) is 0 Å². The van der Waals surface area contributed by atoms with Crippen LogP contribution < -0.4 is 5.32 Å². The van der Waals surface area contributed by atoms with Gasteiger partial charge in [-0.15, -0.1) is 0 Å². The summed E-state index contributed by atoms with van der Waals surface area (Å²) in [5.74, 6) is -3.37. The van der Waals surface area contributed by atoms with Crippen LogP contribution in [0.15, 0.2) is 66.9 Å². The highest BCUT2D eigenvalue weighted by atomic mass is 19.4. The number of carbonyl (C=O) groups excluding carboxylic acids is 1. The maximum absolute atomic E-state index is 14.0. The Bertz CT molecular complexity index is 1640. The van der Waals surface area contributed by atoms with Crippen molar-refractivity contribution in [3.63, 3.8) is 0 Å². The first-order valence-corrected chi connectivity index (χ1v) is 12.2. The van der Waals surface area contributed by atoms with E-state index in [0.717, 1.165) is 24.3 Å². The van der Waals surface area contributed by atoms with E-state index in [-0.39, 0.29) is 12.1 Å². The number of hydrogen-bond acceptors (Lipinski definition) is 2. The van der Waals surface area contributed by atoms with Gasteiger partial charge in [-0.1, -0.05) is 18.2 Å². The van der Waals surface area contributed by atoms with Gasteiger partial charge in [0, 0.05) is 23.7 Å². The highest BCUT2D eigenvalue weighted by Crippen LogP contribution is 2.67. The monoisotopic (exact) mass is 540 g/mol. The number of hydrogen-bond donors (Lipinski definition) is 2. The Labute approximate surface area is 218 Å². The Balaban J connectivity index is 1.38. The molecule has 5 nitrogen and oxygen atoms in total. The van der Waals surface area contributed by atoms with Crippen LogP contribution in [-0.2, 0) is 17.5 Å². The highest BCUT2D eigenvalue weighted by molar-refractivity contribution is 6.08. The second kappa shape index (κ2) is 8.39. The van der Waals surface area contributed by atoms with Crippen LogP contribution in [-0.4, -0.2) is 27.1 Å². The number of carbonyl (C=O) groups is 2. The first-order chi connectivity index (χ1) is 18.4. The second-order valence-corrected chi connectivity index (χ2v) is 10.6. The van der Waals surface area contributed by atoms with Gasteiger partial charge in [0.05, 0.1) is 22.1 Å². The predicted octanol–water partition coefficient (Wildman–Crippen LogP) is 6.39. The highest BCUT2D eigenvalue weighted by Gasteiger charge is 2.72. The average Bonchev–Trinajstić information content (AvgIpc) is 3.23. The van der Waals surface area contributed by atoms with E-state index in [4.69, 9.17) is 0 Å². The lowest BCUT2D eigenvalue weighted by molar-refractivity contribution is -0.196. The largest absolute Gasteiger partial charge is 0.481 e. The van der Waals surface area contributed by atoms with E-state index in [9.17, 15) is 36.6 Å². The first kappa shape index (κ1) is 25.1. The zero-order valence-electron chi connectivity index (χ0n) is 20.3. The molecule has 10 heteroatoms. The third kappa shape index (κ3) is 4.14. The number of aliphatic carboxylic acids is 1. The molecular weight excluding hydrogens is 519 g/mol. The Morgan fingerprint density at radius 2 is 1.59 bits per heavy atom. The first-order valence-electron chi connectivity index (χ1n) is 12.2. The minimum absolute atomic E-state index is 0.180. The summed E-state index contributed by atoms with van der Waals surface area (Å²) in [6.45, 7) is 0.180. The van der Waals surface area contributed by atoms with Gasteiger partial charge in [0.15, 0.2) is 11.6 Å². The Kier molecular flexibility index (Phi) is 5.40. The quantitative estimate of drug-likeness (QED) is 0.279. The number of nitrogens with one attached hydrogen (secondary N) is 1. The lowest BCUT2D eigenvalue weighted by Gasteiger charge is -2.67. The molecule has 39 heavy (non-hydrogen) atoms. The van der Waals surface area contributed by atoms with Crippen LogP contribution >= 0.6 is 0 Å². The van der Waals surface area contributed by atoms with Crippen molar-refractivity contribution in [2.45, 2.75) is 37.5 Å². The fourth-order valence-corrected chi connectivity index (χ4v) is 5.95. The second-order valence-electron chi connectivity index (χ2n) is 10.6. The van der Waals surface area contributed by atoms with Gasteiger partial charge in [0.1, 0.15) is 0 Å². The lowest BCUT2D eigenvalue weighted by atomic mass is 9.39.